The fourth-order valence-electron chi connectivity index (χ4n) is 3.16. The van der Waals surface area contributed by atoms with Gasteiger partial charge in [-0.1, -0.05) is 35.9 Å². The number of thioether (sulfide) groups is 1. The molecule has 2 N–H and O–H groups in total. The standard InChI is InChI=1S/C20H24N2O2S/c1-13-8-9-18(24-3)16(12-13)14(2)21-20(23)22-17-10-11-25-19-7-5-4-6-15(17)19/h4-9,12,14,17H,10-11H2,1-3H3,(H2,21,22,23)/t14-,17-/m0/s1. The summed E-state index contributed by atoms with van der Waals surface area (Å²) in [6.45, 7) is 4.01. The van der Waals surface area contributed by atoms with Crippen molar-refractivity contribution in [3.05, 3.63) is 59.2 Å². The highest BCUT2D eigenvalue weighted by Crippen LogP contribution is 2.35. The fraction of sp³-hybridized carbons (Fsp3) is 0.350. The van der Waals surface area contributed by atoms with Gasteiger partial charge < -0.3 is 15.4 Å². The van der Waals surface area contributed by atoms with Crippen molar-refractivity contribution in [1.82, 2.24) is 10.6 Å². The van der Waals surface area contributed by atoms with Gasteiger partial charge in [0, 0.05) is 16.2 Å². The summed E-state index contributed by atoms with van der Waals surface area (Å²) in [5, 5.41) is 6.16. The number of nitrogens with one attached hydrogen (secondary N) is 2. The number of methoxy groups -OCH3 is 1. The van der Waals surface area contributed by atoms with E-state index in [2.05, 4.69) is 28.8 Å². The molecule has 2 amide bonds. The summed E-state index contributed by atoms with van der Waals surface area (Å²) in [5.74, 6) is 1.81. The maximum atomic E-state index is 12.5. The highest BCUT2D eigenvalue weighted by Gasteiger charge is 2.23. The molecule has 0 radical (unpaired) electrons. The van der Waals surface area contributed by atoms with E-state index in [0.717, 1.165) is 29.1 Å². The normalized spacial score (nSPS) is 17.3. The van der Waals surface area contributed by atoms with Gasteiger partial charge in [-0.05, 0) is 38.0 Å². The van der Waals surface area contributed by atoms with Crippen LogP contribution in [0.25, 0.3) is 0 Å². The number of fused-ring (bicyclic) bond motifs is 1. The van der Waals surface area contributed by atoms with E-state index in [9.17, 15) is 4.79 Å². The number of urea groups is 1. The van der Waals surface area contributed by atoms with E-state index < -0.39 is 0 Å². The van der Waals surface area contributed by atoms with Crippen molar-refractivity contribution in [2.75, 3.05) is 12.9 Å². The first kappa shape index (κ1) is 17.7. The average Bonchev–Trinajstić information content (AvgIpc) is 2.62. The molecule has 3 rings (SSSR count). The molecule has 0 saturated heterocycles. The Kier molecular flexibility index (Phi) is 5.53. The lowest BCUT2D eigenvalue weighted by Gasteiger charge is -2.27. The molecule has 4 nitrogen and oxygen atoms in total. The van der Waals surface area contributed by atoms with Gasteiger partial charge in [0.05, 0.1) is 19.2 Å². The molecule has 0 unspecified atom stereocenters. The zero-order chi connectivity index (χ0) is 17.8. The van der Waals surface area contributed by atoms with Crippen LogP contribution in [0.15, 0.2) is 47.4 Å². The van der Waals surface area contributed by atoms with E-state index in [1.807, 2.05) is 49.9 Å². The van der Waals surface area contributed by atoms with Crippen molar-refractivity contribution < 1.29 is 9.53 Å². The molecule has 2 atom stereocenters. The maximum Gasteiger partial charge on any atom is 0.315 e. The minimum atomic E-state index is -0.150. The molecule has 1 heterocycles. The molecule has 0 aliphatic carbocycles. The molecule has 2 aromatic carbocycles. The van der Waals surface area contributed by atoms with Crippen LogP contribution in [0.5, 0.6) is 5.75 Å². The summed E-state index contributed by atoms with van der Waals surface area (Å²) in [6.07, 6.45) is 0.942. The van der Waals surface area contributed by atoms with Crippen molar-refractivity contribution >= 4 is 17.8 Å². The number of hydrogen-bond donors (Lipinski definition) is 2. The molecular weight excluding hydrogens is 332 g/mol. The summed E-state index contributed by atoms with van der Waals surface area (Å²) >= 11 is 1.85. The lowest BCUT2D eigenvalue weighted by molar-refractivity contribution is 0.233. The smallest absolute Gasteiger partial charge is 0.315 e. The largest absolute Gasteiger partial charge is 0.496 e. The van der Waals surface area contributed by atoms with E-state index >= 15 is 0 Å². The van der Waals surface area contributed by atoms with Gasteiger partial charge >= 0.3 is 6.03 Å². The number of carbonyl (C=O) groups is 1. The van der Waals surface area contributed by atoms with Gasteiger partial charge in [-0.15, -0.1) is 11.8 Å². The van der Waals surface area contributed by atoms with Crippen LogP contribution in [0.3, 0.4) is 0 Å². The molecule has 0 saturated carbocycles. The molecule has 25 heavy (non-hydrogen) atoms. The first-order valence-electron chi connectivity index (χ1n) is 8.51. The SMILES string of the molecule is COc1ccc(C)cc1[C@H](C)NC(=O)N[C@H]1CCSc2ccccc21. The maximum absolute atomic E-state index is 12.5. The van der Waals surface area contributed by atoms with Crippen molar-refractivity contribution in [2.45, 2.75) is 37.2 Å². The number of rotatable bonds is 4. The fourth-order valence-corrected chi connectivity index (χ4v) is 4.28. The molecular formula is C20H24N2O2S. The Morgan fingerprint density at radius 3 is 2.88 bits per heavy atom. The Morgan fingerprint density at radius 2 is 2.08 bits per heavy atom. The van der Waals surface area contributed by atoms with Crippen molar-refractivity contribution in [3.63, 3.8) is 0 Å². The van der Waals surface area contributed by atoms with E-state index in [1.165, 1.54) is 10.5 Å². The van der Waals surface area contributed by atoms with Crippen molar-refractivity contribution in [3.8, 4) is 5.75 Å². The Balaban J connectivity index is 1.68. The molecule has 0 spiro atoms. The van der Waals surface area contributed by atoms with Crippen LogP contribution in [0, 0.1) is 6.92 Å². The second kappa shape index (κ2) is 7.83. The van der Waals surface area contributed by atoms with Gasteiger partial charge in [-0.3, -0.25) is 0 Å². The molecule has 0 aromatic heterocycles. The van der Waals surface area contributed by atoms with Gasteiger partial charge in [0.1, 0.15) is 5.75 Å². The number of carbonyl (C=O) groups excluding carboxylic acids is 1. The average molecular weight is 356 g/mol. The zero-order valence-electron chi connectivity index (χ0n) is 14.8. The molecule has 0 fully saturated rings. The number of ether oxygens (including phenoxy) is 1. The van der Waals surface area contributed by atoms with Gasteiger partial charge in [-0.25, -0.2) is 4.79 Å². The first-order valence-corrected chi connectivity index (χ1v) is 9.50. The number of amides is 2. The van der Waals surface area contributed by atoms with Gasteiger partial charge in [0.15, 0.2) is 0 Å². The Bertz CT molecular complexity index is 763. The second-order valence-electron chi connectivity index (χ2n) is 6.31. The predicted octanol–water partition coefficient (Wildman–Crippen LogP) is 4.60. The van der Waals surface area contributed by atoms with E-state index in [-0.39, 0.29) is 18.1 Å². The lowest BCUT2D eigenvalue weighted by Crippen LogP contribution is -2.40. The topological polar surface area (TPSA) is 50.4 Å². The van der Waals surface area contributed by atoms with E-state index in [4.69, 9.17) is 4.74 Å². The second-order valence-corrected chi connectivity index (χ2v) is 7.45. The zero-order valence-corrected chi connectivity index (χ0v) is 15.7. The van der Waals surface area contributed by atoms with Gasteiger partial charge in [0.2, 0.25) is 0 Å². The Labute approximate surface area is 153 Å². The van der Waals surface area contributed by atoms with Gasteiger partial charge in [0.25, 0.3) is 0 Å². The Morgan fingerprint density at radius 1 is 1.28 bits per heavy atom. The predicted molar refractivity (Wildman–Crippen MR) is 102 cm³/mol. The monoisotopic (exact) mass is 356 g/mol. The molecule has 1 aliphatic heterocycles. The highest BCUT2D eigenvalue weighted by molar-refractivity contribution is 7.99. The molecule has 5 heteroatoms. The minimum Gasteiger partial charge on any atom is -0.496 e. The van der Waals surface area contributed by atoms with Crippen LogP contribution in [0.4, 0.5) is 4.79 Å². The van der Waals surface area contributed by atoms with E-state index in [0.29, 0.717) is 0 Å². The quantitative estimate of drug-likeness (QED) is 0.842. The third kappa shape index (κ3) is 4.10. The summed E-state index contributed by atoms with van der Waals surface area (Å²) in [7, 11) is 1.65. The molecule has 132 valence electrons. The number of hydrogen-bond acceptors (Lipinski definition) is 3. The first-order chi connectivity index (χ1) is 12.1. The Hall–Kier alpha value is -2.14. The molecule has 1 aliphatic rings. The number of benzene rings is 2. The lowest BCUT2D eigenvalue weighted by atomic mass is 10.0. The van der Waals surface area contributed by atoms with Crippen LogP contribution in [0.2, 0.25) is 0 Å². The third-order valence-corrected chi connectivity index (χ3v) is 5.59. The van der Waals surface area contributed by atoms with Crippen LogP contribution < -0.4 is 15.4 Å². The molecule has 2 aromatic rings. The number of aryl methyl sites for hydroxylation is 1. The van der Waals surface area contributed by atoms with Crippen LogP contribution in [-0.2, 0) is 0 Å². The molecule has 0 bridgehead atoms. The van der Waals surface area contributed by atoms with Crippen LogP contribution >= 0.6 is 11.8 Å². The van der Waals surface area contributed by atoms with Crippen molar-refractivity contribution in [1.29, 1.82) is 0 Å². The summed E-state index contributed by atoms with van der Waals surface area (Å²) in [6, 6.07) is 14.1. The summed E-state index contributed by atoms with van der Waals surface area (Å²) < 4.78 is 5.43. The third-order valence-electron chi connectivity index (χ3n) is 4.46. The minimum absolute atomic E-state index is 0.0593. The van der Waals surface area contributed by atoms with E-state index in [1.54, 1.807) is 7.11 Å². The highest BCUT2D eigenvalue weighted by atomic mass is 32.2. The van der Waals surface area contributed by atoms with Crippen molar-refractivity contribution in [2.24, 2.45) is 0 Å². The van der Waals surface area contributed by atoms with Crippen LogP contribution in [0.1, 0.15) is 42.1 Å². The summed E-state index contributed by atoms with van der Waals surface area (Å²) in [5.41, 5.74) is 3.33. The van der Waals surface area contributed by atoms with Gasteiger partial charge in [-0.2, -0.15) is 0 Å². The summed E-state index contributed by atoms with van der Waals surface area (Å²) in [4.78, 5) is 13.8. The van der Waals surface area contributed by atoms with Crippen LogP contribution in [-0.4, -0.2) is 18.9 Å².